The van der Waals surface area contributed by atoms with Gasteiger partial charge in [-0.05, 0) is 43.6 Å². The van der Waals surface area contributed by atoms with Gasteiger partial charge in [0.2, 0.25) is 0 Å². The van der Waals surface area contributed by atoms with Crippen molar-refractivity contribution in [3.8, 4) is 5.75 Å². The summed E-state index contributed by atoms with van der Waals surface area (Å²) in [6.45, 7) is 9.14. The summed E-state index contributed by atoms with van der Waals surface area (Å²) in [4.78, 5) is 91.5. The Hall–Kier alpha value is -3.33. The van der Waals surface area contributed by atoms with Crippen LogP contribution in [-0.2, 0) is 41.6 Å². The van der Waals surface area contributed by atoms with Crippen LogP contribution in [0.15, 0.2) is 12.1 Å². The van der Waals surface area contributed by atoms with Crippen molar-refractivity contribution in [3.63, 3.8) is 0 Å². The zero-order valence-electron chi connectivity index (χ0n) is 23.8. The van der Waals surface area contributed by atoms with Crippen molar-refractivity contribution in [1.29, 1.82) is 0 Å². The molecule has 0 aromatic heterocycles. The molecule has 4 rings (SSSR count). The molecule has 2 fully saturated rings. The average molecular weight is 553 g/mol. The summed E-state index contributed by atoms with van der Waals surface area (Å²) in [7, 11) is 0. The summed E-state index contributed by atoms with van der Waals surface area (Å²) in [6, 6.07) is 3.17. The van der Waals surface area contributed by atoms with Gasteiger partial charge in [0.25, 0.3) is 0 Å². The van der Waals surface area contributed by atoms with Crippen molar-refractivity contribution in [1.82, 2.24) is 0 Å². The molecule has 0 heterocycles. The van der Waals surface area contributed by atoms with E-state index in [0.29, 0.717) is 5.56 Å². The van der Waals surface area contributed by atoms with E-state index in [1.807, 2.05) is 0 Å². The summed E-state index contributed by atoms with van der Waals surface area (Å²) in [5.41, 5.74) is -4.91. The Morgan fingerprint density at radius 3 is 2.17 bits per heavy atom. The monoisotopic (exact) mass is 552 g/mol. The number of hydrogen-bond donors (Lipinski definition) is 2. The molecule has 2 N–H and O–H groups in total. The molecule has 40 heavy (non-hydrogen) atoms. The van der Waals surface area contributed by atoms with Crippen molar-refractivity contribution in [2.24, 2.45) is 34.5 Å². The molecule has 3 aliphatic rings. The van der Waals surface area contributed by atoms with Gasteiger partial charge in [0, 0.05) is 36.2 Å². The van der Waals surface area contributed by atoms with Crippen LogP contribution < -0.4 is 0 Å². The maximum atomic E-state index is 14.2. The fourth-order valence-electron chi connectivity index (χ4n) is 7.93. The number of aromatic hydroxyl groups is 1. The minimum absolute atomic E-state index is 0.0141. The zero-order valence-corrected chi connectivity index (χ0v) is 23.8. The van der Waals surface area contributed by atoms with E-state index in [9.17, 15) is 43.8 Å². The van der Waals surface area contributed by atoms with Crippen LogP contribution in [-0.4, -0.2) is 56.3 Å². The third-order valence-electron chi connectivity index (χ3n) is 9.48. The van der Waals surface area contributed by atoms with Gasteiger partial charge < -0.3 is 15.0 Å². The number of ketones is 7. The molecule has 3 unspecified atom stereocenters. The lowest BCUT2D eigenvalue weighted by Crippen LogP contribution is -2.76. The molecule has 0 spiro atoms. The lowest BCUT2D eigenvalue weighted by molar-refractivity contribution is -0.205. The molecule has 0 amide bonds. The van der Waals surface area contributed by atoms with Gasteiger partial charge in [-0.15, -0.1) is 0 Å². The molecule has 0 saturated heterocycles. The van der Waals surface area contributed by atoms with Crippen molar-refractivity contribution < 1.29 is 43.8 Å². The SMILES string of the molecule is CC(=O)CCC(=O)Cc1ccc2c(c1O)C(=O)C1C(=O)[C@@]3(O)C(=O)C(C(C)=O)C(=O)C(C(C)C)[C@@]3(C)C[C@@]1(C)C2. The van der Waals surface area contributed by atoms with Gasteiger partial charge in [-0.1, -0.05) is 39.8 Å². The molecule has 3 aliphatic carbocycles. The fourth-order valence-corrected chi connectivity index (χ4v) is 7.93. The lowest BCUT2D eigenvalue weighted by atomic mass is 9.40. The number of benzene rings is 1. The minimum Gasteiger partial charge on any atom is -0.507 e. The molecule has 0 radical (unpaired) electrons. The topological polar surface area (TPSA) is 160 Å². The van der Waals surface area contributed by atoms with E-state index >= 15 is 0 Å². The molecular formula is C31H36O9. The van der Waals surface area contributed by atoms with Gasteiger partial charge >= 0.3 is 0 Å². The van der Waals surface area contributed by atoms with E-state index in [2.05, 4.69) is 0 Å². The van der Waals surface area contributed by atoms with Crippen LogP contribution in [0.25, 0.3) is 0 Å². The highest BCUT2D eigenvalue weighted by atomic mass is 16.3. The van der Waals surface area contributed by atoms with E-state index < -0.39 is 74.8 Å². The molecular weight excluding hydrogens is 516 g/mol. The number of phenols is 1. The molecule has 1 aromatic rings. The van der Waals surface area contributed by atoms with Gasteiger partial charge in [0.15, 0.2) is 28.7 Å². The van der Waals surface area contributed by atoms with Crippen LogP contribution in [0.1, 0.15) is 82.3 Å². The van der Waals surface area contributed by atoms with Crippen molar-refractivity contribution in [2.45, 2.75) is 79.2 Å². The highest BCUT2D eigenvalue weighted by Gasteiger charge is 2.76. The molecule has 9 heteroatoms. The van der Waals surface area contributed by atoms with Gasteiger partial charge in [0.05, 0.1) is 11.5 Å². The predicted octanol–water partition coefficient (Wildman–Crippen LogP) is 2.57. The molecule has 2 saturated carbocycles. The quantitative estimate of drug-likeness (QED) is 0.485. The highest BCUT2D eigenvalue weighted by Crippen LogP contribution is 2.63. The van der Waals surface area contributed by atoms with Crippen LogP contribution in [0.3, 0.4) is 0 Å². The first-order valence-electron chi connectivity index (χ1n) is 13.7. The molecule has 0 aliphatic heterocycles. The maximum Gasteiger partial charge on any atom is 0.190 e. The first-order valence-corrected chi connectivity index (χ1v) is 13.7. The van der Waals surface area contributed by atoms with Crippen molar-refractivity contribution >= 4 is 40.5 Å². The first kappa shape index (κ1) is 29.6. The highest BCUT2D eigenvalue weighted by molar-refractivity contribution is 6.32. The van der Waals surface area contributed by atoms with Crippen molar-refractivity contribution in [2.75, 3.05) is 0 Å². The van der Waals surface area contributed by atoms with Crippen molar-refractivity contribution in [3.05, 3.63) is 28.8 Å². The second-order valence-corrected chi connectivity index (χ2v) is 12.9. The van der Waals surface area contributed by atoms with Crippen LogP contribution in [0.4, 0.5) is 0 Å². The smallest absolute Gasteiger partial charge is 0.190 e. The third-order valence-corrected chi connectivity index (χ3v) is 9.48. The standard InChI is InChI=1S/C31H36O9/c1-14(2)22-25(36)20(16(4)33)27(38)31(40)28(39)23-26(37)21-18(12-29(23,5)13-30(22,31)6)9-8-17(24(21)35)11-19(34)10-7-15(3)32/h8-9,14,20,22-23,35,40H,7,10-13H2,1-6H3/t20?,22?,23?,29-,30-,31+/m1/s1. The molecule has 6 atom stereocenters. The third kappa shape index (κ3) is 4.04. The fraction of sp³-hybridized carbons (Fsp3) is 0.581. The Bertz CT molecular complexity index is 1390. The first-order chi connectivity index (χ1) is 18.4. The summed E-state index contributed by atoms with van der Waals surface area (Å²) < 4.78 is 0. The summed E-state index contributed by atoms with van der Waals surface area (Å²) in [6.07, 6.45) is -0.0418. The Morgan fingerprint density at radius 2 is 1.62 bits per heavy atom. The van der Waals surface area contributed by atoms with E-state index in [-0.39, 0.29) is 54.8 Å². The lowest BCUT2D eigenvalue weighted by Gasteiger charge is -2.61. The van der Waals surface area contributed by atoms with Gasteiger partial charge in [-0.2, -0.15) is 0 Å². The van der Waals surface area contributed by atoms with Crippen LogP contribution >= 0.6 is 0 Å². The number of Topliss-reactive ketones (excluding diaryl/α,β-unsaturated/α-hetero) is 7. The largest absolute Gasteiger partial charge is 0.507 e. The predicted molar refractivity (Wildman–Crippen MR) is 142 cm³/mol. The Balaban J connectivity index is 1.83. The van der Waals surface area contributed by atoms with E-state index in [1.165, 1.54) is 13.8 Å². The molecule has 0 bridgehead atoms. The minimum atomic E-state index is -2.75. The summed E-state index contributed by atoms with van der Waals surface area (Å²) >= 11 is 0. The average Bonchev–Trinajstić information content (AvgIpc) is 2.81. The number of rotatable bonds is 7. The maximum absolute atomic E-state index is 14.2. The number of carbonyl (C=O) groups excluding carboxylic acids is 7. The number of aliphatic hydroxyl groups is 1. The molecule has 214 valence electrons. The normalized spacial score (nSPS) is 33.4. The summed E-state index contributed by atoms with van der Waals surface area (Å²) in [5.74, 6) is -10.0. The number of hydrogen-bond acceptors (Lipinski definition) is 9. The van der Waals surface area contributed by atoms with Crippen LogP contribution in [0.2, 0.25) is 0 Å². The number of carbonyl (C=O) groups is 7. The zero-order chi connectivity index (χ0) is 30.1. The van der Waals surface area contributed by atoms with E-state index in [0.717, 1.165) is 6.92 Å². The Kier molecular flexibility index (Phi) is 7.15. The molecule has 1 aromatic carbocycles. The van der Waals surface area contributed by atoms with Gasteiger partial charge in [-0.25, -0.2) is 0 Å². The Labute approximate surface area is 232 Å². The van der Waals surface area contributed by atoms with Crippen LogP contribution in [0, 0.1) is 34.5 Å². The van der Waals surface area contributed by atoms with Gasteiger partial charge in [-0.3, -0.25) is 28.8 Å². The van der Waals surface area contributed by atoms with Gasteiger partial charge in [0.1, 0.15) is 29.0 Å². The van der Waals surface area contributed by atoms with E-state index in [4.69, 9.17) is 0 Å². The number of fused-ring (bicyclic) bond motifs is 3. The molecule has 9 nitrogen and oxygen atoms in total. The Morgan fingerprint density at radius 1 is 1.00 bits per heavy atom. The second kappa shape index (κ2) is 9.65. The second-order valence-electron chi connectivity index (χ2n) is 12.9. The van der Waals surface area contributed by atoms with Crippen LogP contribution in [0.5, 0.6) is 5.75 Å². The number of phenolic OH excluding ortho intramolecular Hbond substituents is 1. The summed E-state index contributed by atoms with van der Waals surface area (Å²) in [5, 5.41) is 23.1. The van der Waals surface area contributed by atoms with E-state index in [1.54, 1.807) is 32.9 Å².